The van der Waals surface area contributed by atoms with Crippen molar-refractivity contribution < 1.29 is 14.3 Å². The van der Waals surface area contributed by atoms with E-state index in [-0.39, 0.29) is 18.6 Å². The van der Waals surface area contributed by atoms with Gasteiger partial charge in [0.1, 0.15) is 5.75 Å². The minimum absolute atomic E-state index is 0.0504. The van der Waals surface area contributed by atoms with Crippen molar-refractivity contribution in [1.29, 1.82) is 0 Å². The van der Waals surface area contributed by atoms with Crippen LogP contribution < -0.4 is 4.74 Å². The Labute approximate surface area is 111 Å². The minimum atomic E-state index is -0.393. The number of hydrogen-bond donors (Lipinski definition) is 0. The Bertz CT molecular complexity index is 547. The number of rotatable bonds is 5. The standard InChI is InChI=1S/C16H14O3/c17-15(13-7-3-1-4-8-13)11-12-16(18)19-14-9-5-2-6-10-14/h1-10H,11-12H2. The molecule has 0 spiro atoms. The molecule has 2 rings (SSSR count). The third kappa shape index (κ3) is 4.07. The first-order valence-corrected chi connectivity index (χ1v) is 6.09. The van der Waals surface area contributed by atoms with E-state index in [2.05, 4.69) is 0 Å². The summed E-state index contributed by atoms with van der Waals surface area (Å²) in [5.74, 6) is 0.0563. The third-order valence-electron chi connectivity index (χ3n) is 2.63. The van der Waals surface area contributed by atoms with Gasteiger partial charge in [0.05, 0.1) is 6.42 Å². The van der Waals surface area contributed by atoms with Gasteiger partial charge >= 0.3 is 5.97 Å². The zero-order valence-corrected chi connectivity index (χ0v) is 10.4. The Kier molecular flexibility index (Phi) is 4.45. The van der Waals surface area contributed by atoms with E-state index in [0.29, 0.717) is 11.3 Å². The summed E-state index contributed by atoms with van der Waals surface area (Å²) in [6, 6.07) is 17.8. The predicted molar refractivity (Wildman–Crippen MR) is 72.1 cm³/mol. The van der Waals surface area contributed by atoms with Crippen LogP contribution in [-0.2, 0) is 4.79 Å². The number of Topliss-reactive ketones (excluding diaryl/α,β-unsaturated/α-hetero) is 1. The van der Waals surface area contributed by atoms with Gasteiger partial charge in [-0.15, -0.1) is 0 Å². The summed E-state index contributed by atoms with van der Waals surface area (Å²) >= 11 is 0. The summed E-state index contributed by atoms with van der Waals surface area (Å²) in [6.07, 6.45) is 0.248. The van der Waals surface area contributed by atoms with Gasteiger partial charge in [-0.25, -0.2) is 0 Å². The van der Waals surface area contributed by atoms with Crippen LogP contribution in [0.15, 0.2) is 60.7 Å². The number of hydrogen-bond acceptors (Lipinski definition) is 3. The monoisotopic (exact) mass is 254 g/mol. The molecule has 0 aliphatic heterocycles. The maximum Gasteiger partial charge on any atom is 0.311 e. The number of benzene rings is 2. The fourth-order valence-electron chi connectivity index (χ4n) is 1.65. The largest absolute Gasteiger partial charge is 0.427 e. The van der Waals surface area contributed by atoms with Crippen molar-refractivity contribution in [3.63, 3.8) is 0 Å². The van der Waals surface area contributed by atoms with Gasteiger partial charge in [0, 0.05) is 12.0 Å². The minimum Gasteiger partial charge on any atom is -0.427 e. The second-order valence-corrected chi connectivity index (χ2v) is 4.08. The molecular formula is C16H14O3. The van der Waals surface area contributed by atoms with Crippen molar-refractivity contribution in [2.75, 3.05) is 0 Å². The van der Waals surface area contributed by atoms with Crippen molar-refractivity contribution >= 4 is 11.8 Å². The number of ether oxygens (including phenoxy) is 1. The normalized spacial score (nSPS) is 9.89. The SMILES string of the molecule is O=C(CCC(=O)c1ccccc1)Oc1ccccc1. The van der Waals surface area contributed by atoms with E-state index >= 15 is 0 Å². The molecule has 0 N–H and O–H groups in total. The Morgan fingerprint density at radius 1 is 0.789 bits per heavy atom. The van der Waals surface area contributed by atoms with Crippen LogP contribution in [-0.4, -0.2) is 11.8 Å². The summed E-state index contributed by atoms with van der Waals surface area (Å²) in [5, 5.41) is 0. The average molecular weight is 254 g/mol. The van der Waals surface area contributed by atoms with Gasteiger partial charge in [0.25, 0.3) is 0 Å². The van der Waals surface area contributed by atoms with E-state index in [9.17, 15) is 9.59 Å². The Balaban J connectivity index is 1.83. The maximum absolute atomic E-state index is 11.8. The van der Waals surface area contributed by atoms with Gasteiger partial charge in [0.15, 0.2) is 5.78 Å². The molecule has 3 heteroatoms. The number of ketones is 1. The average Bonchev–Trinajstić information content (AvgIpc) is 2.47. The highest BCUT2D eigenvalue weighted by Crippen LogP contribution is 2.11. The van der Waals surface area contributed by atoms with Gasteiger partial charge in [-0.05, 0) is 12.1 Å². The first-order valence-electron chi connectivity index (χ1n) is 6.09. The second kappa shape index (κ2) is 6.50. The first kappa shape index (κ1) is 13.0. The van der Waals surface area contributed by atoms with E-state index < -0.39 is 5.97 Å². The van der Waals surface area contributed by atoms with Gasteiger partial charge in [-0.1, -0.05) is 48.5 Å². The van der Waals surface area contributed by atoms with Crippen LogP contribution >= 0.6 is 0 Å². The van der Waals surface area contributed by atoms with Gasteiger partial charge in [-0.3, -0.25) is 9.59 Å². The zero-order chi connectivity index (χ0) is 13.5. The Morgan fingerprint density at radius 2 is 1.37 bits per heavy atom. The molecule has 3 nitrogen and oxygen atoms in total. The third-order valence-corrected chi connectivity index (χ3v) is 2.63. The molecule has 0 aliphatic rings. The molecule has 0 saturated carbocycles. The lowest BCUT2D eigenvalue weighted by Gasteiger charge is -2.03. The molecular weight excluding hydrogens is 240 g/mol. The van der Waals surface area contributed by atoms with Crippen LogP contribution in [0.1, 0.15) is 23.2 Å². The topological polar surface area (TPSA) is 43.4 Å². The number of esters is 1. The lowest BCUT2D eigenvalue weighted by molar-refractivity contribution is -0.134. The Hall–Kier alpha value is -2.42. The quantitative estimate of drug-likeness (QED) is 0.467. The lowest BCUT2D eigenvalue weighted by atomic mass is 10.1. The van der Waals surface area contributed by atoms with E-state index in [1.54, 1.807) is 48.5 Å². The van der Waals surface area contributed by atoms with Gasteiger partial charge in [-0.2, -0.15) is 0 Å². The number of para-hydroxylation sites is 1. The van der Waals surface area contributed by atoms with E-state index in [4.69, 9.17) is 4.74 Å². The highest BCUT2D eigenvalue weighted by Gasteiger charge is 2.10. The van der Waals surface area contributed by atoms with Gasteiger partial charge in [0.2, 0.25) is 0 Å². The summed E-state index contributed by atoms with van der Waals surface area (Å²) < 4.78 is 5.11. The Morgan fingerprint density at radius 3 is 2.00 bits per heavy atom. The molecule has 0 saturated heterocycles. The van der Waals surface area contributed by atoms with Crippen molar-refractivity contribution in [1.82, 2.24) is 0 Å². The highest BCUT2D eigenvalue weighted by atomic mass is 16.5. The number of carbonyl (C=O) groups excluding carboxylic acids is 2. The predicted octanol–water partition coefficient (Wildman–Crippen LogP) is 3.26. The molecule has 2 aromatic carbocycles. The fourth-order valence-corrected chi connectivity index (χ4v) is 1.65. The highest BCUT2D eigenvalue weighted by molar-refractivity contribution is 5.97. The second-order valence-electron chi connectivity index (χ2n) is 4.08. The molecule has 0 aliphatic carbocycles. The molecule has 0 amide bonds. The van der Waals surface area contributed by atoms with Crippen molar-refractivity contribution in [3.05, 3.63) is 66.2 Å². The number of carbonyl (C=O) groups is 2. The molecule has 96 valence electrons. The molecule has 0 heterocycles. The molecule has 0 bridgehead atoms. The maximum atomic E-state index is 11.8. The zero-order valence-electron chi connectivity index (χ0n) is 10.4. The van der Waals surface area contributed by atoms with E-state index in [1.807, 2.05) is 12.1 Å². The molecule has 19 heavy (non-hydrogen) atoms. The summed E-state index contributed by atoms with van der Waals surface area (Å²) in [4.78, 5) is 23.4. The van der Waals surface area contributed by atoms with Crippen LogP contribution in [0.4, 0.5) is 0 Å². The van der Waals surface area contributed by atoms with E-state index in [1.165, 1.54) is 0 Å². The van der Waals surface area contributed by atoms with Crippen molar-refractivity contribution in [2.45, 2.75) is 12.8 Å². The van der Waals surface area contributed by atoms with Crippen LogP contribution in [0.2, 0.25) is 0 Å². The van der Waals surface area contributed by atoms with Crippen LogP contribution in [0.5, 0.6) is 5.75 Å². The van der Waals surface area contributed by atoms with Gasteiger partial charge < -0.3 is 4.74 Å². The molecule has 0 radical (unpaired) electrons. The summed E-state index contributed by atoms with van der Waals surface area (Å²) in [7, 11) is 0. The van der Waals surface area contributed by atoms with E-state index in [0.717, 1.165) is 0 Å². The molecule has 0 unspecified atom stereocenters. The molecule has 0 fully saturated rings. The first-order chi connectivity index (χ1) is 9.25. The molecule has 2 aromatic rings. The molecule has 0 aromatic heterocycles. The summed E-state index contributed by atoms with van der Waals surface area (Å²) in [5.41, 5.74) is 0.620. The fraction of sp³-hybridized carbons (Fsp3) is 0.125. The molecule has 0 atom stereocenters. The van der Waals surface area contributed by atoms with Crippen LogP contribution in [0, 0.1) is 0 Å². The smallest absolute Gasteiger partial charge is 0.311 e. The lowest BCUT2D eigenvalue weighted by Crippen LogP contribution is -2.10. The van der Waals surface area contributed by atoms with Crippen molar-refractivity contribution in [3.8, 4) is 5.75 Å². The summed E-state index contributed by atoms with van der Waals surface area (Å²) in [6.45, 7) is 0. The van der Waals surface area contributed by atoms with Crippen LogP contribution in [0.25, 0.3) is 0 Å². The van der Waals surface area contributed by atoms with Crippen molar-refractivity contribution in [2.24, 2.45) is 0 Å². The van der Waals surface area contributed by atoms with Crippen LogP contribution in [0.3, 0.4) is 0 Å².